The molecule has 0 spiro atoms. The Bertz CT molecular complexity index is 746. The number of hydrogen-bond acceptors (Lipinski definition) is 5. The van der Waals surface area contributed by atoms with E-state index in [9.17, 15) is 8.42 Å². The molecule has 1 saturated heterocycles. The van der Waals surface area contributed by atoms with Crippen LogP contribution in [-0.2, 0) is 14.6 Å². The molecule has 0 radical (unpaired) electrons. The molecule has 1 fully saturated rings. The summed E-state index contributed by atoms with van der Waals surface area (Å²) in [6.07, 6.45) is 1.81. The third-order valence-electron chi connectivity index (χ3n) is 4.90. The number of morpholine rings is 1. The van der Waals surface area contributed by atoms with Gasteiger partial charge < -0.3 is 15.4 Å². The molecule has 2 unspecified atom stereocenters. The Morgan fingerprint density at radius 3 is 2.64 bits per heavy atom. The molecule has 8 heteroatoms. The fraction of sp³-hybridized carbons (Fsp3) is 0.650. The zero-order valence-corrected chi connectivity index (χ0v) is 18.3. The van der Waals surface area contributed by atoms with Crippen molar-refractivity contribution in [2.45, 2.75) is 32.4 Å². The van der Waals surface area contributed by atoms with Crippen LogP contribution in [0.15, 0.2) is 29.3 Å². The van der Waals surface area contributed by atoms with Gasteiger partial charge in [-0.1, -0.05) is 29.8 Å². The number of nitrogens with zero attached hydrogens (tertiary/aromatic N) is 2. The highest BCUT2D eigenvalue weighted by molar-refractivity contribution is 7.90. The third-order valence-corrected chi connectivity index (χ3v) is 5.88. The molecule has 7 nitrogen and oxygen atoms in total. The molecule has 1 heterocycles. The highest BCUT2D eigenvalue weighted by Gasteiger charge is 2.23. The van der Waals surface area contributed by atoms with Crippen LogP contribution in [0.25, 0.3) is 0 Å². The second-order valence-electron chi connectivity index (χ2n) is 7.50. The zero-order valence-electron chi connectivity index (χ0n) is 17.4. The van der Waals surface area contributed by atoms with Crippen molar-refractivity contribution in [2.24, 2.45) is 4.99 Å². The number of rotatable bonds is 8. The topological polar surface area (TPSA) is 83.0 Å². The molecule has 0 bridgehead atoms. The van der Waals surface area contributed by atoms with E-state index in [2.05, 4.69) is 51.7 Å². The average Bonchev–Trinajstić information content (AvgIpc) is 2.66. The number of hydrogen-bond donors (Lipinski definition) is 2. The average molecular weight is 411 g/mol. The van der Waals surface area contributed by atoms with Crippen molar-refractivity contribution in [2.75, 3.05) is 51.9 Å². The number of aryl methyl sites for hydroxylation is 1. The maximum Gasteiger partial charge on any atom is 0.191 e. The molecular weight excluding hydrogens is 376 g/mol. The Kier molecular flexibility index (Phi) is 8.72. The summed E-state index contributed by atoms with van der Waals surface area (Å²) in [4.78, 5) is 6.74. The van der Waals surface area contributed by atoms with E-state index in [0.29, 0.717) is 18.9 Å². The Hall–Kier alpha value is -1.64. The lowest BCUT2D eigenvalue weighted by Crippen LogP contribution is -2.48. The Morgan fingerprint density at radius 1 is 1.32 bits per heavy atom. The highest BCUT2D eigenvalue weighted by atomic mass is 32.2. The molecule has 0 amide bonds. The van der Waals surface area contributed by atoms with Gasteiger partial charge in [0.2, 0.25) is 0 Å². The minimum absolute atomic E-state index is 0.0155. The molecule has 28 heavy (non-hydrogen) atoms. The van der Waals surface area contributed by atoms with Crippen LogP contribution >= 0.6 is 0 Å². The summed E-state index contributed by atoms with van der Waals surface area (Å²) in [5.41, 5.74) is 2.52. The fourth-order valence-corrected chi connectivity index (χ4v) is 4.09. The van der Waals surface area contributed by atoms with Gasteiger partial charge in [-0.25, -0.2) is 8.42 Å². The summed E-state index contributed by atoms with van der Waals surface area (Å²) < 4.78 is 28.3. The Labute approximate surface area is 169 Å². The van der Waals surface area contributed by atoms with Crippen molar-refractivity contribution in [3.63, 3.8) is 0 Å². The van der Waals surface area contributed by atoms with E-state index >= 15 is 0 Å². The lowest BCUT2D eigenvalue weighted by Gasteiger charge is -2.35. The summed E-state index contributed by atoms with van der Waals surface area (Å²) >= 11 is 0. The van der Waals surface area contributed by atoms with Crippen LogP contribution in [-0.4, -0.2) is 77.2 Å². The molecule has 158 valence electrons. The van der Waals surface area contributed by atoms with Crippen molar-refractivity contribution in [1.82, 2.24) is 15.5 Å². The van der Waals surface area contributed by atoms with E-state index < -0.39 is 9.84 Å². The monoisotopic (exact) mass is 410 g/mol. The standard InChI is InChI=1S/C20H34N4O3S/c1-16-6-5-7-18(14-16)19(24-9-11-27-12-10-24)15-22-20(21-3)23-17(2)8-13-28(4,25)26/h5-7,14,17,19H,8-13,15H2,1-4H3,(H2,21,22,23). The quantitative estimate of drug-likeness (QED) is 0.497. The SMILES string of the molecule is CN=C(NCC(c1cccc(C)c1)N1CCOCC1)NC(C)CCS(C)(=O)=O. The minimum Gasteiger partial charge on any atom is -0.379 e. The van der Waals surface area contributed by atoms with Crippen LogP contribution in [0.4, 0.5) is 0 Å². The van der Waals surface area contributed by atoms with Crippen molar-refractivity contribution in [3.05, 3.63) is 35.4 Å². The van der Waals surface area contributed by atoms with Gasteiger partial charge in [-0.2, -0.15) is 0 Å². The molecule has 1 aliphatic rings. The van der Waals surface area contributed by atoms with Gasteiger partial charge in [0.1, 0.15) is 9.84 Å². The molecule has 2 N–H and O–H groups in total. The minimum atomic E-state index is -2.96. The molecule has 0 aromatic heterocycles. The first-order valence-corrected chi connectivity index (χ1v) is 11.9. The summed E-state index contributed by atoms with van der Waals surface area (Å²) in [6.45, 7) is 8.08. The highest BCUT2D eigenvalue weighted by Crippen LogP contribution is 2.22. The number of nitrogens with one attached hydrogen (secondary N) is 2. The molecule has 0 saturated carbocycles. The Balaban J connectivity index is 2.00. The van der Waals surface area contributed by atoms with Gasteiger partial charge in [-0.3, -0.25) is 9.89 Å². The first-order valence-electron chi connectivity index (χ1n) is 9.82. The van der Waals surface area contributed by atoms with Crippen LogP contribution < -0.4 is 10.6 Å². The van der Waals surface area contributed by atoms with Crippen LogP contribution in [0.5, 0.6) is 0 Å². The van der Waals surface area contributed by atoms with Gasteiger partial charge in [0, 0.05) is 39.0 Å². The Morgan fingerprint density at radius 2 is 2.04 bits per heavy atom. The number of ether oxygens (including phenoxy) is 1. The van der Waals surface area contributed by atoms with Gasteiger partial charge in [0.05, 0.1) is 25.0 Å². The molecule has 0 aliphatic carbocycles. The van der Waals surface area contributed by atoms with E-state index in [1.54, 1.807) is 7.05 Å². The van der Waals surface area contributed by atoms with E-state index in [-0.39, 0.29) is 17.8 Å². The summed E-state index contributed by atoms with van der Waals surface area (Å²) in [7, 11) is -1.23. The maximum atomic E-state index is 11.4. The van der Waals surface area contributed by atoms with Gasteiger partial charge >= 0.3 is 0 Å². The first kappa shape index (κ1) is 22.6. The first-order chi connectivity index (χ1) is 13.3. The molecule has 1 aliphatic heterocycles. The van der Waals surface area contributed by atoms with Crippen molar-refractivity contribution >= 4 is 15.8 Å². The van der Waals surface area contributed by atoms with E-state index in [1.165, 1.54) is 17.4 Å². The lowest BCUT2D eigenvalue weighted by atomic mass is 10.0. The predicted octanol–water partition coefficient (Wildman–Crippen LogP) is 1.36. The van der Waals surface area contributed by atoms with Crippen LogP contribution in [0.1, 0.15) is 30.5 Å². The molecule has 1 aromatic carbocycles. The summed E-state index contributed by atoms with van der Waals surface area (Å²) in [6, 6.07) is 8.83. The van der Waals surface area contributed by atoms with Gasteiger partial charge in [0.25, 0.3) is 0 Å². The number of benzene rings is 1. The second kappa shape index (κ2) is 10.8. The second-order valence-corrected chi connectivity index (χ2v) is 9.76. The number of aliphatic imine (C=N–C) groups is 1. The largest absolute Gasteiger partial charge is 0.379 e. The maximum absolute atomic E-state index is 11.4. The van der Waals surface area contributed by atoms with Gasteiger partial charge in [0.15, 0.2) is 5.96 Å². The third kappa shape index (κ3) is 7.77. The fourth-order valence-electron chi connectivity index (χ4n) is 3.31. The van der Waals surface area contributed by atoms with Gasteiger partial charge in [-0.05, 0) is 25.8 Å². The number of guanidine groups is 1. The molecular formula is C20H34N4O3S. The normalized spacial score (nSPS) is 18.5. The zero-order chi connectivity index (χ0) is 20.6. The van der Waals surface area contributed by atoms with E-state index in [4.69, 9.17) is 4.74 Å². The van der Waals surface area contributed by atoms with E-state index in [0.717, 1.165) is 26.3 Å². The molecule has 1 aromatic rings. The molecule has 2 atom stereocenters. The summed E-state index contributed by atoms with van der Waals surface area (Å²) in [5, 5.41) is 6.71. The van der Waals surface area contributed by atoms with Crippen molar-refractivity contribution in [3.8, 4) is 0 Å². The predicted molar refractivity (Wildman–Crippen MR) is 115 cm³/mol. The van der Waals surface area contributed by atoms with Crippen LogP contribution in [0, 0.1) is 6.92 Å². The lowest BCUT2D eigenvalue weighted by molar-refractivity contribution is 0.0170. The molecule has 2 rings (SSSR count). The smallest absolute Gasteiger partial charge is 0.191 e. The number of sulfone groups is 1. The van der Waals surface area contributed by atoms with Crippen molar-refractivity contribution < 1.29 is 13.2 Å². The van der Waals surface area contributed by atoms with Crippen molar-refractivity contribution in [1.29, 1.82) is 0 Å². The van der Waals surface area contributed by atoms with Gasteiger partial charge in [-0.15, -0.1) is 0 Å². The van der Waals surface area contributed by atoms with E-state index in [1.807, 2.05) is 6.92 Å². The van der Waals surface area contributed by atoms with Crippen LogP contribution in [0.2, 0.25) is 0 Å². The van der Waals surface area contributed by atoms with Crippen LogP contribution in [0.3, 0.4) is 0 Å². The summed E-state index contributed by atoms with van der Waals surface area (Å²) in [5.74, 6) is 0.851.